The third-order valence-corrected chi connectivity index (χ3v) is 4.85. The minimum absolute atomic E-state index is 0.0151. The molecule has 0 spiro atoms. The van der Waals surface area contributed by atoms with Crippen LogP contribution in [0.15, 0.2) is 12.1 Å². The summed E-state index contributed by atoms with van der Waals surface area (Å²) < 4.78 is 32.1. The zero-order valence-electron chi connectivity index (χ0n) is 11.7. The van der Waals surface area contributed by atoms with Crippen molar-refractivity contribution in [3.05, 3.63) is 27.3 Å². The molecule has 0 unspecified atom stereocenters. The lowest BCUT2D eigenvalue weighted by atomic mass is 9.91. The second-order valence-corrected chi connectivity index (χ2v) is 6.52. The summed E-state index contributed by atoms with van der Waals surface area (Å²) in [4.78, 5) is 2.35. The van der Waals surface area contributed by atoms with Gasteiger partial charge in [-0.15, -0.1) is 0 Å². The summed E-state index contributed by atoms with van der Waals surface area (Å²) in [6, 6.07) is 2.50. The molecule has 0 bridgehead atoms. The summed E-state index contributed by atoms with van der Waals surface area (Å²) in [6.07, 6.45) is 4.54. The summed E-state index contributed by atoms with van der Waals surface area (Å²) in [5, 5.41) is 0. The second-order valence-electron chi connectivity index (χ2n) is 5.44. The van der Waals surface area contributed by atoms with Crippen LogP contribution in [0.3, 0.4) is 0 Å². The third-order valence-electron chi connectivity index (χ3n) is 3.82. The summed E-state index contributed by atoms with van der Waals surface area (Å²) in [5.74, 6) is -0.0735. The highest BCUT2D eigenvalue weighted by atomic mass is 127. The topological polar surface area (TPSA) is 12.5 Å². The molecule has 0 saturated carbocycles. The van der Waals surface area contributed by atoms with Gasteiger partial charge in [-0.1, -0.05) is 0 Å². The van der Waals surface area contributed by atoms with Crippen LogP contribution >= 0.6 is 22.6 Å². The number of ether oxygens (including phenoxy) is 1. The zero-order chi connectivity index (χ0) is 14.5. The van der Waals surface area contributed by atoms with E-state index in [4.69, 9.17) is 4.74 Å². The van der Waals surface area contributed by atoms with Crippen molar-refractivity contribution in [1.29, 1.82) is 0 Å². The normalized spacial score (nSPS) is 17.4. The van der Waals surface area contributed by atoms with Gasteiger partial charge < -0.3 is 9.55 Å². The molecule has 1 saturated heterocycles. The van der Waals surface area contributed by atoms with Crippen molar-refractivity contribution in [2.45, 2.75) is 25.7 Å². The minimum atomic E-state index is -0.559. The Labute approximate surface area is 133 Å². The van der Waals surface area contributed by atoms with E-state index < -0.39 is 11.6 Å². The molecule has 1 aromatic rings. The summed E-state index contributed by atoms with van der Waals surface area (Å²) in [5.41, 5.74) is 0. The molecule has 0 aromatic heterocycles. The van der Waals surface area contributed by atoms with Crippen LogP contribution in [0.25, 0.3) is 0 Å². The van der Waals surface area contributed by atoms with Crippen molar-refractivity contribution in [2.24, 2.45) is 5.92 Å². The molecular weight excluding hydrogens is 374 g/mol. The second kappa shape index (κ2) is 7.59. The molecule has 0 amide bonds. The van der Waals surface area contributed by atoms with E-state index in [1.54, 1.807) is 22.6 Å². The van der Waals surface area contributed by atoms with Gasteiger partial charge >= 0.3 is 0 Å². The molecule has 1 aliphatic rings. The largest absolute Gasteiger partial charge is 0.493 e. The Balaban J connectivity index is 1.71. The first-order valence-corrected chi connectivity index (χ1v) is 8.10. The number of piperidine rings is 1. The van der Waals surface area contributed by atoms with Crippen molar-refractivity contribution in [2.75, 3.05) is 19.7 Å². The Morgan fingerprint density at radius 3 is 2.45 bits per heavy atom. The lowest BCUT2D eigenvalue weighted by molar-refractivity contribution is 0.241. The average Bonchev–Trinajstić information content (AvgIpc) is 2.43. The fourth-order valence-corrected chi connectivity index (χ4v) is 2.84. The van der Waals surface area contributed by atoms with E-state index in [0.29, 0.717) is 6.61 Å². The maximum atomic E-state index is 13.3. The number of hydrogen-bond acceptors (Lipinski definition) is 2. The van der Waals surface area contributed by atoms with Crippen LogP contribution in [0.4, 0.5) is 8.78 Å². The zero-order valence-corrected chi connectivity index (χ0v) is 13.8. The van der Waals surface area contributed by atoms with E-state index in [9.17, 15) is 8.78 Å². The van der Waals surface area contributed by atoms with Gasteiger partial charge in [0.25, 0.3) is 0 Å². The SMILES string of the molecule is BN1CCC(CCCOc2cc(F)c(I)c(F)c2)CC1. The molecule has 6 heteroatoms. The Morgan fingerprint density at radius 2 is 1.85 bits per heavy atom. The van der Waals surface area contributed by atoms with Crippen molar-refractivity contribution < 1.29 is 13.5 Å². The molecule has 1 aromatic carbocycles. The summed E-state index contributed by atoms with van der Waals surface area (Å²) in [7, 11) is 2.15. The molecule has 0 radical (unpaired) electrons. The molecule has 0 aliphatic carbocycles. The first-order chi connectivity index (χ1) is 9.56. The van der Waals surface area contributed by atoms with Crippen LogP contribution in [0.2, 0.25) is 0 Å². The molecular formula is C14H19BF2INO. The molecule has 1 heterocycles. The van der Waals surface area contributed by atoms with Gasteiger partial charge in [-0.05, 0) is 67.3 Å². The molecule has 1 fully saturated rings. The van der Waals surface area contributed by atoms with Crippen molar-refractivity contribution >= 4 is 30.6 Å². The van der Waals surface area contributed by atoms with Crippen LogP contribution in [0.1, 0.15) is 25.7 Å². The van der Waals surface area contributed by atoms with Crippen LogP contribution in [0.5, 0.6) is 5.75 Å². The van der Waals surface area contributed by atoms with E-state index in [1.807, 2.05) is 0 Å². The van der Waals surface area contributed by atoms with Crippen LogP contribution in [0, 0.1) is 21.1 Å². The Bertz CT molecular complexity index is 430. The maximum absolute atomic E-state index is 13.3. The molecule has 2 rings (SSSR count). The summed E-state index contributed by atoms with van der Waals surface area (Å²) >= 11 is 1.65. The average molecular weight is 393 g/mol. The molecule has 2 nitrogen and oxygen atoms in total. The quantitative estimate of drug-likeness (QED) is 0.330. The highest BCUT2D eigenvalue weighted by molar-refractivity contribution is 14.1. The van der Waals surface area contributed by atoms with E-state index >= 15 is 0 Å². The number of halogens is 3. The highest BCUT2D eigenvalue weighted by Gasteiger charge is 2.16. The lowest BCUT2D eigenvalue weighted by Gasteiger charge is -2.29. The van der Waals surface area contributed by atoms with Gasteiger partial charge in [0.1, 0.15) is 17.4 Å². The number of hydrogen-bond donors (Lipinski definition) is 0. The van der Waals surface area contributed by atoms with Crippen LogP contribution < -0.4 is 4.74 Å². The lowest BCUT2D eigenvalue weighted by Crippen LogP contribution is -2.31. The molecule has 0 N–H and O–H groups in total. The summed E-state index contributed by atoms with van der Waals surface area (Å²) in [6.45, 7) is 2.85. The molecule has 0 atom stereocenters. The standard InChI is InChI=1S/C14H19BF2INO/c15-19-5-3-10(4-6-19)2-1-7-20-11-8-12(16)14(18)13(17)9-11/h8-10H,1-7,15H2. The highest BCUT2D eigenvalue weighted by Crippen LogP contribution is 2.23. The monoisotopic (exact) mass is 393 g/mol. The van der Waals surface area contributed by atoms with E-state index in [-0.39, 0.29) is 9.32 Å². The first kappa shape index (κ1) is 16.0. The van der Waals surface area contributed by atoms with Gasteiger partial charge in [0, 0.05) is 12.1 Å². The van der Waals surface area contributed by atoms with Gasteiger partial charge in [0.15, 0.2) is 7.98 Å². The first-order valence-electron chi connectivity index (χ1n) is 7.02. The smallest absolute Gasteiger partial charge is 0.185 e. The van der Waals surface area contributed by atoms with Crippen LogP contribution in [-0.4, -0.2) is 32.5 Å². The van der Waals surface area contributed by atoms with E-state index in [0.717, 1.165) is 18.8 Å². The third kappa shape index (κ3) is 4.58. The fourth-order valence-electron chi connectivity index (χ4n) is 2.53. The number of benzene rings is 1. The van der Waals surface area contributed by atoms with Gasteiger partial charge in [-0.25, -0.2) is 8.78 Å². The minimum Gasteiger partial charge on any atom is -0.493 e. The van der Waals surface area contributed by atoms with Crippen molar-refractivity contribution in [3.8, 4) is 5.75 Å². The van der Waals surface area contributed by atoms with Gasteiger partial charge in [-0.2, -0.15) is 0 Å². The fraction of sp³-hybridized carbons (Fsp3) is 0.571. The number of rotatable bonds is 5. The van der Waals surface area contributed by atoms with Gasteiger partial charge in [0.2, 0.25) is 0 Å². The Hall–Kier alpha value is -0.365. The predicted molar refractivity (Wildman–Crippen MR) is 86.6 cm³/mol. The Kier molecular flexibility index (Phi) is 6.08. The van der Waals surface area contributed by atoms with E-state index in [2.05, 4.69) is 12.8 Å². The van der Waals surface area contributed by atoms with Crippen LogP contribution in [-0.2, 0) is 0 Å². The maximum Gasteiger partial charge on any atom is 0.185 e. The molecule has 20 heavy (non-hydrogen) atoms. The Morgan fingerprint density at radius 1 is 1.25 bits per heavy atom. The predicted octanol–water partition coefficient (Wildman–Crippen LogP) is 2.99. The van der Waals surface area contributed by atoms with Gasteiger partial charge in [0.05, 0.1) is 10.2 Å². The molecule has 1 aliphatic heterocycles. The molecule has 110 valence electrons. The number of nitrogens with zero attached hydrogens (tertiary/aromatic N) is 1. The van der Waals surface area contributed by atoms with Gasteiger partial charge in [-0.3, -0.25) is 0 Å². The van der Waals surface area contributed by atoms with E-state index in [1.165, 1.54) is 38.1 Å². The van der Waals surface area contributed by atoms with Crippen molar-refractivity contribution in [1.82, 2.24) is 4.81 Å². The van der Waals surface area contributed by atoms with Crippen molar-refractivity contribution in [3.63, 3.8) is 0 Å².